The Balaban J connectivity index is 2.77. The fraction of sp³-hybridized carbons (Fsp3) is 0.500. The highest BCUT2D eigenvalue weighted by Gasteiger charge is 2.16. The largest absolute Gasteiger partial charge is 0.507 e. The molecule has 0 fully saturated rings. The van der Waals surface area contributed by atoms with Gasteiger partial charge in [0.05, 0.1) is 12.1 Å². The Morgan fingerprint density at radius 1 is 1.44 bits per heavy atom. The highest BCUT2D eigenvalue weighted by molar-refractivity contribution is 5.99. The maximum absolute atomic E-state index is 13.1. The molecule has 1 aromatic carbocycles. The molecule has 0 aliphatic rings. The SMILES string of the molecule is CCN(CC(=O)c1cc(F)ccc1O)CC(C)C. The Morgan fingerprint density at radius 2 is 2.11 bits per heavy atom. The molecule has 100 valence electrons. The van der Waals surface area contributed by atoms with E-state index in [1.165, 1.54) is 6.07 Å². The Bertz CT molecular complexity index is 418. The summed E-state index contributed by atoms with van der Waals surface area (Å²) in [6, 6.07) is 3.43. The van der Waals surface area contributed by atoms with Crippen molar-refractivity contribution in [2.45, 2.75) is 20.8 Å². The van der Waals surface area contributed by atoms with E-state index < -0.39 is 5.82 Å². The summed E-state index contributed by atoms with van der Waals surface area (Å²) in [7, 11) is 0. The molecule has 18 heavy (non-hydrogen) atoms. The van der Waals surface area contributed by atoms with E-state index in [-0.39, 0.29) is 23.6 Å². The van der Waals surface area contributed by atoms with E-state index in [1.54, 1.807) is 0 Å². The van der Waals surface area contributed by atoms with Crippen molar-refractivity contribution in [3.8, 4) is 5.75 Å². The average molecular weight is 253 g/mol. The molecule has 1 aromatic rings. The van der Waals surface area contributed by atoms with Crippen molar-refractivity contribution in [3.05, 3.63) is 29.6 Å². The molecule has 0 atom stereocenters. The molecule has 1 N–H and O–H groups in total. The summed E-state index contributed by atoms with van der Waals surface area (Å²) in [5, 5.41) is 9.57. The summed E-state index contributed by atoms with van der Waals surface area (Å²) < 4.78 is 13.1. The van der Waals surface area contributed by atoms with Crippen LogP contribution in [0.2, 0.25) is 0 Å². The lowest BCUT2D eigenvalue weighted by Crippen LogP contribution is -2.33. The lowest BCUT2D eigenvalue weighted by atomic mass is 10.1. The minimum atomic E-state index is -0.511. The number of rotatable bonds is 6. The van der Waals surface area contributed by atoms with Gasteiger partial charge < -0.3 is 5.11 Å². The van der Waals surface area contributed by atoms with Crippen molar-refractivity contribution in [2.75, 3.05) is 19.6 Å². The maximum atomic E-state index is 13.1. The topological polar surface area (TPSA) is 40.5 Å². The van der Waals surface area contributed by atoms with Crippen LogP contribution in [-0.4, -0.2) is 35.4 Å². The number of Topliss-reactive ketones (excluding diaryl/α,β-unsaturated/α-hetero) is 1. The number of ketones is 1. The number of hydrogen-bond acceptors (Lipinski definition) is 3. The summed E-state index contributed by atoms with van der Waals surface area (Å²) in [6.07, 6.45) is 0. The lowest BCUT2D eigenvalue weighted by Gasteiger charge is -2.21. The summed E-state index contributed by atoms with van der Waals surface area (Å²) in [6.45, 7) is 7.88. The molecule has 0 aliphatic heterocycles. The summed E-state index contributed by atoms with van der Waals surface area (Å²) in [4.78, 5) is 14.0. The van der Waals surface area contributed by atoms with Crippen molar-refractivity contribution < 1.29 is 14.3 Å². The number of aromatic hydroxyl groups is 1. The molecule has 0 aliphatic carbocycles. The second-order valence-electron chi connectivity index (χ2n) is 4.81. The number of likely N-dealkylation sites (N-methyl/N-ethyl adjacent to an activating group) is 1. The van der Waals surface area contributed by atoms with Crippen LogP contribution >= 0.6 is 0 Å². The van der Waals surface area contributed by atoms with E-state index in [2.05, 4.69) is 13.8 Å². The molecule has 0 radical (unpaired) electrons. The van der Waals surface area contributed by atoms with Crippen LogP contribution in [0.4, 0.5) is 4.39 Å². The van der Waals surface area contributed by atoms with Crippen molar-refractivity contribution >= 4 is 5.78 Å². The highest BCUT2D eigenvalue weighted by Crippen LogP contribution is 2.18. The number of carbonyl (C=O) groups is 1. The second-order valence-corrected chi connectivity index (χ2v) is 4.81. The predicted molar refractivity (Wildman–Crippen MR) is 69.3 cm³/mol. The van der Waals surface area contributed by atoms with Gasteiger partial charge in [0.1, 0.15) is 11.6 Å². The zero-order chi connectivity index (χ0) is 13.7. The molecular formula is C14H20FNO2. The minimum absolute atomic E-state index is 0.0530. The van der Waals surface area contributed by atoms with Gasteiger partial charge in [-0.3, -0.25) is 9.69 Å². The first kappa shape index (κ1) is 14.6. The first-order chi connectivity index (χ1) is 8.43. The van der Waals surface area contributed by atoms with Crippen LogP contribution in [0.15, 0.2) is 18.2 Å². The molecule has 0 spiro atoms. The number of carbonyl (C=O) groups excluding carboxylic acids is 1. The van der Waals surface area contributed by atoms with Crippen LogP contribution in [-0.2, 0) is 0 Å². The number of phenolic OH excluding ortho intramolecular Hbond substituents is 1. The third-order valence-electron chi connectivity index (χ3n) is 2.70. The van der Waals surface area contributed by atoms with E-state index in [0.717, 1.165) is 25.2 Å². The summed E-state index contributed by atoms with van der Waals surface area (Å²) in [5.41, 5.74) is 0.0530. The molecular weight excluding hydrogens is 233 g/mol. The van der Waals surface area contributed by atoms with Crippen molar-refractivity contribution in [3.63, 3.8) is 0 Å². The highest BCUT2D eigenvalue weighted by atomic mass is 19.1. The van der Waals surface area contributed by atoms with Crippen LogP contribution in [0.1, 0.15) is 31.1 Å². The molecule has 4 heteroatoms. The van der Waals surface area contributed by atoms with Gasteiger partial charge in [-0.1, -0.05) is 20.8 Å². The third-order valence-corrected chi connectivity index (χ3v) is 2.70. The smallest absolute Gasteiger partial charge is 0.180 e. The van der Waals surface area contributed by atoms with Crippen LogP contribution in [0.25, 0.3) is 0 Å². The summed E-state index contributed by atoms with van der Waals surface area (Å²) >= 11 is 0. The molecule has 0 heterocycles. The zero-order valence-corrected chi connectivity index (χ0v) is 11.1. The molecule has 0 aromatic heterocycles. The first-order valence-corrected chi connectivity index (χ1v) is 6.18. The van der Waals surface area contributed by atoms with Crippen LogP contribution in [0, 0.1) is 11.7 Å². The number of halogens is 1. The summed E-state index contributed by atoms with van der Waals surface area (Å²) in [5.74, 6) is -0.474. The van der Waals surface area contributed by atoms with Crippen LogP contribution in [0.3, 0.4) is 0 Å². The van der Waals surface area contributed by atoms with Crippen molar-refractivity contribution in [1.82, 2.24) is 4.90 Å². The van der Waals surface area contributed by atoms with Crippen molar-refractivity contribution in [2.24, 2.45) is 5.92 Å². The molecule has 1 rings (SSSR count). The third kappa shape index (κ3) is 4.11. The van der Waals surface area contributed by atoms with E-state index >= 15 is 0 Å². The molecule has 3 nitrogen and oxygen atoms in total. The van der Waals surface area contributed by atoms with Gasteiger partial charge in [-0.2, -0.15) is 0 Å². The van der Waals surface area contributed by atoms with E-state index in [1.807, 2.05) is 11.8 Å². The van der Waals surface area contributed by atoms with Crippen LogP contribution < -0.4 is 0 Å². The van der Waals surface area contributed by atoms with Crippen LogP contribution in [0.5, 0.6) is 5.75 Å². The Kier molecular flexibility index (Phi) is 5.28. The van der Waals surface area contributed by atoms with Gasteiger partial charge in [0.2, 0.25) is 0 Å². The van der Waals surface area contributed by atoms with Gasteiger partial charge in [-0.15, -0.1) is 0 Å². The molecule has 0 bridgehead atoms. The predicted octanol–water partition coefficient (Wildman–Crippen LogP) is 2.69. The quantitative estimate of drug-likeness (QED) is 0.792. The van der Waals surface area contributed by atoms with Gasteiger partial charge >= 0.3 is 0 Å². The normalized spacial score (nSPS) is 11.2. The van der Waals surface area contributed by atoms with Gasteiger partial charge in [0.15, 0.2) is 5.78 Å². The molecule has 0 amide bonds. The first-order valence-electron chi connectivity index (χ1n) is 6.18. The Labute approximate surface area is 107 Å². The number of phenols is 1. The van der Waals surface area contributed by atoms with Gasteiger partial charge in [-0.25, -0.2) is 4.39 Å². The Morgan fingerprint density at radius 3 is 2.67 bits per heavy atom. The molecule has 0 unspecified atom stereocenters. The molecule has 0 saturated carbocycles. The number of nitrogens with zero attached hydrogens (tertiary/aromatic N) is 1. The average Bonchev–Trinajstić information content (AvgIpc) is 2.30. The Hall–Kier alpha value is -1.42. The fourth-order valence-corrected chi connectivity index (χ4v) is 1.84. The van der Waals surface area contributed by atoms with Gasteiger partial charge in [0.25, 0.3) is 0 Å². The van der Waals surface area contributed by atoms with Crippen molar-refractivity contribution in [1.29, 1.82) is 0 Å². The molecule has 0 saturated heterocycles. The standard InChI is InChI=1S/C14H20FNO2/c1-4-16(8-10(2)3)9-14(18)12-7-11(15)5-6-13(12)17/h5-7,10,17H,4,8-9H2,1-3H3. The van der Waals surface area contributed by atoms with Gasteiger partial charge in [-0.05, 0) is 30.7 Å². The van der Waals surface area contributed by atoms with E-state index in [4.69, 9.17) is 0 Å². The zero-order valence-electron chi connectivity index (χ0n) is 11.1. The van der Waals surface area contributed by atoms with E-state index in [0.29, 0.717) is 5.92 Å². The maximum Gasteiger partial charge on any atom is 0.180 e. The fourth-order valence-electron chi connectivity index (χ4n) is 1.84. The van der Waals surface area contributed by atoms with E-state index in [9.17, 15) is 14.3 Å². The monoisotopic (exact) mass is 253 g/mol. The van der Waals surface area contributed by atoms with Gasteiger partial charge in [0, 0.05) is 6.54 Å². The lowest BCUT2D eigenvalue weighted by molar-refractivity contribution is 0.0923. The number of hydrogen-bond donors (Lipinski definition) is 1. The minimum Gasteiger partial charge on any atom is -0.507 e. The number of benzene rings is 1. The second kappa shape index (κ2) is 6.50.